The van der Waals surface area contributed by atoms with E-state index in [0.29, 0.717) is 61.0 Å². The normalized spacial score (nSPS) is 44.9. The predicted molar refractivity (Wildman–Crippen MR) is 136 cm³/mol. The van der Waals surface area contributed by atoms with Crippen LogP contribution in [-0.4, -0.2) is 45.8 Å². The van der Waals surface area contributed by atoms with Crippen LogP contribution in [0.4, 0.5) is 0 Å². The van der Waals surface area contributed by atoms with Crippen molar-refractivity contribution in [3.63, 3.8) is 0 Å². The fourth-order valence-electron chi connectivity index (χ4n) is 9.70. The standard InChI is InChI=1S/C30H48O5/c1-18(2)13-22-25(31)15-24-26(22)28(35-17-33-6)27-21-8-7-19-14-20(34-16-32-5)9-11-29(19,3)23(21)10-12-30(24,27)4/h18-21,23-24,27-28H,7-17H2,1-6H3/t19-,20-,21+,23-,24-,27-,28-,29-,30+/m0/s1. The molecule has 0 bridgehead atoms. The van der Waals surface area contributed by atoms with Crippen LogP contribution in [0.1, 0.15) is 85.5 Å². The van der Waals surface area contributed by atoms with Crippen LogP contribution in [0, 0.1) is 46.3 Å². The van der Waals surface area contributed by atoms with Gasteiger partial charge in [0.15, 0.2) is 5.78 Å². The van der Waals surface area contributed by atoms with Gasteiger partial charge in [-0.3, -0.25) is 4.79 Å². The van der Waals surface area contributed by atoms with Crippen molar-refractivity contribution in [1.29, 1.82) is 0 Å². The Labute approximate surface area is 212 Å². The lowest BCUT2D eigenvalue weighted by molar-refractivity contribution is -0.171. The third-order valence-corrected chi connectivity index (χ3v) is 11.2. The Morgan fingerprint density at radius 2 is 1.66 bits per heavy atom. The molecule has 5 nitrogen and oxygen atoms in total. The summed E-state index contributed by atoms with van der Waals surface area (Å²) < 4.78 is 23.2. The number of Topliss-reactive ketones (excluding diaryl/α,β-unsaturated/α-hetero) is 1. The van der Waals surface area contributed by atoms with Gasteiger partial charge in [0.2, 0.25) is 0 Å². The third kappa shape index (κ3) is 4.17. The zero-order chi connectivity index (χ0) is 25.0. The van der Waals surface area contributed by atoms with E-state index in [4.69, 9.17) is 18.9 Å². The summed E-state index contributed by atoms with van der Waals surface area (Å²) in [4.78, 5) is 13.2. The summed E-state index contributed by atoms with van der Waals surface area (Å²) in [6.45, 7) is 10.3. The molecular formula is C30H48O5. The maximum Gasteiger partial charge on any atom is 0.159 e. The molecule has 5 aliphatic rings. The molecule has 9 atom stereocenters. The highest BCUT2D eigenvalue weighted by Crippen LogP contribution is 2.70. The average molecular weight is 489 g/mol. The van der Waals surface area contributed by atoms with E-state index in [2.05, 4.69) is 27.7 Å². The maximum atomic E-state index is 13.2. The second-order valence-electron chi connectivity index (χ2n) is 13.3. The number of hydrogen-bond donors (Lipinski definition) is 0. The molecule has 5 heteroatoms. The molecule has 4 fully saturated rings. The molecule has 0 radical (unpaired) electrons. The summed E-state index contributed by atoms with van der Waals surface area (Å²) in [7, 11) is 3.43. The lowest BCUT2D eigenvalue weighted by Crippen LogP contribution is -2.55. The van der Waals surface area contributed by atoms with E-state index in [1.54, 1.807) is 14.2 Å². The molecule has 5 aliphatic carbocycles. The van der Waals surface area contributed by atoms with Gasteiger partial charge in [0, 0.05) is 20.6 Å². The average Bonchev–Trinajstić information content (AvgIpc) is 3.27. The van der Waals surface area contributed by atoms with Crippen LogP contribution in [0.2, 0.25) is 0 Å². The molecule has 5 rings (SSSR count). The third-order valence-electron chi connectivity index (χ3n) is 11.2. The highest BCUT2D eigenvalue weighted by Gasteiger charge is 2.66. The molecule has 4 saturated carbocycles. The van der Waals surface area contributed by atoms with Crippen LogP contribution < -0.4 is 0 Å². The van der Waals surface area contributed by atoms with Crippen molar-refractivity contribution in [1.82, 2.24) is 0 Å². The minimum Gasteiger partial charge on any atom is -0.359 e. The van der Waals surface area contributed by atoms with Crippen LogP contribution in [0.5, 0.6) is 0 Å². The highest BCUT2D eigenvalue weighted by atomic mass is 16.7. The Kier molecular flexibility index (Phi) is 7.28. The number of carbonyl (C=O) groups excluding carboxylic acids is 1. The van der Waals surface area contributed by atoms with E-state index < -0.39 is 0 Å². The van der Waals surface area contributed by atoms with Gasteiger partial charge in [-0.25, -0.2) is 0 Å². The number of rotatable bonds is 8. The van der Waals surface area contributed by atoms with E-state index in [9.17, 15) is 4.79 Å². The highest BCUT2D eigenvalue weighted by molar-refractivity contribution is 6.00. The topological polar surface area (TPSA) is 54.0 Å². The molecule has 0 spiro atoms. The molecule has 35 heavy (non-hydrogen) atoms. The lowest BCUT2D eigenvalue weighted by Gasteiger charge is -2.61. The molecule has 0 aromatic carbocycles. The lowest BCUT2D eigenvalue weighted by atomic mass is 9.44. The molecule has 0 aromatic heterocycles. The quantitative estimate of drug-likeness (QED) is 0.383. The number of ketones is 1. The summed E-state index contributed by atoms with van der Waals surface area (Å²) in [5.74, 6) is 3.86. The van der Waals surface area contributed by atoms with Crippen molar-refractivity contribution in [2.24, 2.45) is 46.3 Å². The molecule has 198 valence electrons. The van der Waals surface area contributed by atoms with E-state index >= 15 is 0 Å². The maximum absolute atomic E-state index is 13.2. The van der Waals surface area contributed by atoms with Crippen molar-refractivity contribution < 1.29 is 23.7 Å². The van der Waals surface area contributed by atoms with Crippen molar-refractivity contribution in [3.05, 3.63) is 11.1 Å². The molecule has 0 saturated heterocycles. The molecule has 0 N–H and O–H groups in total. The molecule has 0 aromatic rings. The van der Waals surface area contributed by atoms with E-state index in [-0.39, 0.29) is 11.5 Å². The Balaban J connectivity index is 1.46. The largest absolute Gasteiger partial charge is 0.359 e. The van der Waals surface area contributed by atoms with Crippen molar-refractivity contribution >= 4 is 5.78 Å². The van der Waals surface area contributed by atoms with Crippen LogP contribution in [0.25, 0.3) is 0 Å². The van der Waals surface area contributed by atoms with Crippen molar-refractivity contribution in [3.8, 4) is 0 Å². The van der Waals surface area contributed by atoms with Crippen LogP contribution >= 0.6 is 0 Å². The monoisotopic (exact) mass is 488 g/mol. The summed E-state index contributed by atoms with van der Waals surface area (Å²) in [5.41, 5.74) is 3.02. The van der Waals surface area contributed by atoms with Gasteiger partial charge in [-0.05, 0) is 109 Å². The Hall–Kier alpha value is -0.750. The van der Waals surface area contributed by atoms with Gasteiger partial charge in [-0.15, -0.1) is 0 Å². The SMILES string of the molecule is COCO[C@H]1CC[C@@]2(C)[C@@H](CC[C@H]3[C@H]4[C@@H](OCOC)C5=C(CC(C)C)C(=O)C[C@@H]5[C@@]4(C)CC[C@@H]32)C1. The summed E-state index contributed by atoms with van der Waals surface area (Å²) >= 11 is 0. The fourth-order valence-corrected chi connectivity index (χ4v) is 9.70. The van der Waals surface area contributed by atoms with Gasteiger partial charge in [-0.2, -0.15) is 0 Å². The Morgan fingerprint density at radius 1 is 0.943 bits per heavy atom. The number of ether oxygens (including phenoxy) is 4. The summed E-state index contributed by atoms with van der Waals surface area (Å²) in [5, 5.41) is 0. The van der Waals surface area contributed by atoms with Crippen LogP contribution in [0.15, 0.2) is 11.1 Å². The van der Waals surface area contributed by atoms with Gasteiger partial charge < -0.3 is 18.9 Å². The molecular weight excluding hydrogens is 440 g/mol. The molecule has 0 amide bonds. The van der Waals surface area contributed by atoms with Gasteiger partial charge >= 0.3 is 0 Å². The Bertz CT molecular complexity index is 835. The number of fused-ring (bicyclic) bond motifs is 7. The van der Waals surface area contributed by atoms with Gasteiger partial charge in [-0.1, -0.05) is 27.7 Å². The van der Waals surface area contributed by atoms with Crippen molar-refractivity contribution in [2.75, 3.05) is 27.8 Å². The van der Waals surface area contributed by atoms with Crippen LogP contribution in [0.3, 0.4) is 0 Å². The molecule has 0 unspecified atom stereocenters. The van der Waals surface area contributed by atoms with E-state index in [1.165, 1.54) is 44.1 Å². The number of carbonyl (C=O) groups is 1. The minimum atomic E-state index is 0.0412. The first-order chi connectivity index (χ1) is 16.7. The van der Waals surface area contributed by atoms with E-state index in [0.717, 1.165) is 30.3 Å². The summed E-state index contributed by atoms with van der Waals surface area (Å²) in [6.07, 6.45) is 10.6. The zero-order valence-electron chi connectivity index (χ0n) is 22.9. The minimum absolute atomic E-state index is 0.0412. The molecule has 0 aliphatic heterocycles. The fraction of sp³-hybridized carbons (Fsp3) is 0.900. The predicted octanol–water partition coefficient (Wildman–Crippen LogP) is 6.16. The smallest absolute Gasteiger partial charge is 0.159 e. The van der Waals surface area contributed by atoms with Crippen molar-refractivity contribution in [2.45, 2.75) is 97.7 Å². The van der Waals surface area contributed by atoms with Crippen LogP contribution in [-0.2, 0) is 23.7 Å². The first-order valence-electron chi connectivity index (χ1n) is 14.2. The number of hydrogen-bond acceptors (Lipinski definition) is 5. The van der Waals surface area contributed by atoms with Gasteiger partial charge in [0.1, 0.15) is 13.6 Å². The van der Waals surface area contributed by atoms with Gasteiger partial charge in [0.05, 0.1) is 12.2 Å². The molecule has 0 heterocycles. The first kappa shape index (κ1) is 25.9. The first-order valence-corrected chi connectivity index (χ1v) is 14.2. The second kappa shape index (κ2) is 9.85. The summed E-state index contributed by atoms with van der Waals surface area (Å²) in [6, 6.07) is 0. The van der Waals surface area contributed by atoms with Gasteiger partial charge in [0.25, 0.3) is 0 Å². The number of allylic oxidation sites excluding steroid dienone is 1. The number of methoxy groups -OCH3 is 2. The Morgan fingerprint density at radius 3 is 2.37 bits per heavy atom. The second-order valence-corrected chi connectivity index (χ2v) is 13.3. The van der Waals surface area contributed by atoms with E-state index in [1.807, 2.05) is 0 Å². The zero-order valence-corrected chi connectivity index (χ0v) is 22.9.